The molecule has 1 fully saturated rings. The molecule has 4 rings (SSSR count). The van der Waals surface area contributed by atoms with Crippen molar-refractivity contribution in [1.82, 2.24) is 9.80 Å². The standard InChI is InChI=1S/C22H27N3O2/c26-25(27)22-12-6-10-19-20(22)9-4-5-11-21(19)24-15-13-23(14-16-24)17-18-7-2-1-3-8-18/h1-3,6-8,10,12,21H,4-5,9,11,13-17H2/t21-/m1/s1. The number of nitro benzene ring substituents is 1. The zero-order valence-electron chi connectivity index (χ0n) is 15.7. The van der Waals surface area contributed by atoms with Crippen molar-refractivity contribution in [3.63, 3.8) is 0 Å². The second kappa shape index (κ2) is 8.19. The van der Waals surface area contributed by atoms with Gasteiger partial charge in [0.1, 0.15) is 0 Å². The van der Waals surface area contributed by atoms with Crippen molar-refractivity contribution in [3.05, 3.63) is 75.3 Å². The summed E-state index contributed by atoms with van der Waals surface area (Å²) in [6.07, 6.45) is 4.12. The molecule has 1 aliphatic heterocycles. The van der Waals surface area contributed by atoms with E-state index in [0.29, 0.717) is 11.7 Å². The first-order valence-corrected chi connectivity index (χ1v) is 9.99. The molecule has 0 amide bonds. The van der Waals surface area contributed by atoms with Crippen LogP contribution in [0.1, 0.15) is 42.0 Å². The third kappa shape index (κ3) is 4.04. The van der Waals surface area contributed by atoms with Gasteiger partial charge in [0.15, 0.2) is 0 Å². The van der Waals surface area contributed by atoms with Crippen LogP contribution in [0.4, 0.5) is 5.69 Å². The minimum atomic E-state index is -0.209. The lowest BCUT2D eigenvalue weighted by atomic mass is 9.96. The van der Waals surface area contributed by atoms with Gasteiger partial charge >= 0.3 is 0 Å². The topological polar surface area (TPSA) is 49.6 Å². The van der Waals surface area contributed by atoms with Gasteiger partial charge in [-0.05, 0) is 30.4 Å². The lowest BCUT2D eigenvalue weighted by Crippen LogP contribution is -2.47. The summed E-state index contributed by atoms with van der Waals surface area (Å²) in [7, 11) is 0. The molecule has 0 radical (unpaired) electrons. The molecule has 0 aromatic heterocycles. The number of fused-ring (bicyclic) bond motifs is 1. The largest absolute Gasteiger partial charge is 0.297 e. The van der Waals surface area contributed by atoms with Crippen LogP contribution in [0.25, 0.3) is 0 Å². The Morgan fingerprint density at radius 1 is 0.963 bits per heavy atom. The first-order chi connectivity index (χ1) is 13.2. The second-order valence-corrected chi connectivity index (χ2v) is 7.66. The minimum Gasteiger partial charge on any atom is -0.297 e. The van der Waals surface area contributed by atoms with Crippen LogP contribution < -0.4 is 0 Å². The highest BCUT2D eigenvalue weighted by Gasteiger charge is 2.30. The van der Waals surface area contributed by atoms with Crippen LogP contribution in [0.5, 0.6) is 0 Å². The maximum absolute atomic E-state index is 11.5. The van der Waals surface area contributed by atoms with Gasteiger partial charge < -0.3 is 0 Å². The zero-order chi connectivity index (χ0) is 18.6. The smallest absolute Gasteiger partial charge is 0.272 e. The molecule has 0 saturated carbocycles. The third-order valence-corrected chi connectivity index (χ3v) is 5.99. The van der Waals surface area contributed by atoms with E-state index < -0.39 is 0 Å². The highest BCUT2D eigenvalue weighted by molar-refractivity contribution is 5.47. The molecule has 1 heterocycles. The molecule has 1 atom stereocenters. The van der Waals surface area contributed by atoms with Crippen LogP contribution in [0.15, 0.2) is 48.5 Å². The van der Waals surface area contributed by atoms with Gasteiger partial charge in [0.2, 0.25) is 0 Å². The van der Waals surface area contributed by atoms with E-state index in [1.165, 1.54) is 11.1 Å². The predicted octanol–water partition coefficient (Wildman–Crippen LogP) is 4.18. The van der Waals surface area contributed by atoms with E-state index in [0.717, 1.165) is 64.0 Å². The molecule has 2 aliphatic rings. The molecular formula is C22H27N3O2. The van der Waals surface area contributed by atoms with Crippen molar-refractivity contribution >= 4 is 5.69 Å². The van der Waals surface area contributed by atoms with E-state index in [1.807, 2.05) is 6.07 Å². The number of rotatable bonds is 4. The molecule has 2 aromatic carbocycles. The monoisotopic (exact) mass is 365 g/mol. The van der Waals surface area contributed by atoms with Crippen LogP contribution in [0.2, 0.25) is 0 Å². The number of nitro groups is 1. The maximum Gasteiger partial charge on any atom is 0.272 e. The molecule has 27 heavy (non-hydrogen) atoms. The van der Waals surface area contributed by atoms with Gasteiger partial charge in [-0.2, -0.15) is 0 Å². The Balaban J connectivity index is 1.47. The minimum absolute atomic E-state index is 0.209. The van der Waals surface area contributed by atoms with E-state index in [1.54, 1.807) is 6.07 Å². The van der Waals surface area contributed by atoms with E-state index in [2.05, 4.69) is 46.2 Å². The van der Waals surface area contributed by atoms with Gasteiger partial charge in [-0.3, -0.25) is 19.9 Å². The maximum atomic E-state index is 11.5. The Bertz CT molecular complexity index is 785. The average molecular weight is 365 g/mol. The van der Waals surface area contributed by atoms with E-state index >= 15 is 0 Å². The van der Waals surface area contributed by atoms with Gasteiger partial charge in [-0.15, -0.1) is 0 Å². The Morgan fingerprint density at radius 3 is 2.48 bits per heavy atom. The SMILES string of the molecule is O=[N+]([O-])c1cccc2c1CCCC[C@H]2N1CCN(Cc2ccccc2)CC1. The van der Waals surface area contributed by atoms with E-state index in [4.69, 9.17) is 0 Å². The van der Waals surface area contributed by atoms with Crippen LogP contribution in [-0.4, -0.2) is 40.9 Å². The Hall–Kier alpha value is -2.24. The summed E-state index contributed by atoms with van der Waals surface area (Å²) in [4.78, 5) is 16.3. The molecule has 142 valence electrons. The number of hydrogen-bond acceptors (Lipinski definition) is 4. The molecule has 0 N–H and O–H groups in total. The molecular weight excluding hydrogens is 338 g/mol. The normalized spacial score (nSPS) is 21.4. The van der Waals surface area contributed by atoms with Gasteiger partial charge in [0.05, 0.1) is 4.92 Å². The van der Waals surface area contributed by atoms with Crippen LogP contribution in [0, 0.1) is 10.1 Å². The molecule has 1 saturated heterocycles. The van der Waals surface area contributed by atoms with Crippen molar-refractivity contribution in [2.75, 3.05) is 26.2 Å². The summed E-state index contributed by atoms with van der Waals surface area (Å²) in [5.41, 5.74) is 3.83. The average Bonchev–Trinajstić information content (AvgIpc) is 2.92. The van der Waals surface area contributed by atoms with Crippen molar-refractivity contribution in [2.24, 2.45) is 0 Å². The van der Waals surface area contributed by atoms with Crippen LogP contribution in [0.3, 0.4) is 0 Å². The van der Waals surface area contributed by atoms with Crippen molar-refractivity contribution in [1.29, 1.82) is 0 Å². The molecule has 0 bridgehead atoms. The summed E-state index contributed by atoms with van der Waals surface area (Å²) in [6, 6.07) is 16.6. The van der Waals surface area contributed by atoms with Gasteiger partial charge in [-0.25, -0.2) is 0 Å². The molecule has 5 nitrogen and oxygen atoms in total. The number of hydrogen-bond donors (Lipinski definition) is 0. The molecule has 0 spiro atoms. The van der Waals surface area contributed by atoms with Crippen molar-refractivity contribution < 1.29 is 4.92 Å². The molecule has 2 aromatic rings. The Morgan fingerprint density at radius 2 is 1.74 bits per heavy atom. The fourth-order valence-corrected chi connectivity index (χ4v) is 4.60. The number of nitrogens with zero attached hydrogens (tertiary/aromatic N) is 3. The van der Waals surface area contributed by atoms with Crippen LogP contribution >= 0.6 is 0 Å². The van der Waals surface area contributed by atoms with Crippen molar-refractivity contribution in [2.45, 2.75) is 38.3 Å². The summed E-state index contributed by atoms with van der Waals surface area (Å²) in [6.45, 7) is 5.16. The lowest BCUT2D eigenvalue weighted by Gasteiger charge is -2.39. The molecule has 1 aliphatic carbocycles. The number of piperazine rings is 1. The van der Waals surface area contributed by atoms with Gasteiger partial charge in [-0.1, -0.05) is 48.9 Å². The first-order valence-electron chi connectivity index (χ1n) is 9.99. The summed E-state index contributed by atoms with van der Waals surface area (Å²) >= 11 is 0. The highest BCUT2D eigenvalue weighted by Crippen LogP contribution is 2.37. The summed E-state index contributed by atoms with van der Waals surface area (Å²) in [5.74, 6) is 0. The first kappa shape index (κ1) is 18.1. The zero-order valence-corrected chi connectivity index (χ0v) is 15.7. The second-order valence-electron chi connectivity index (χ2n) is 7.66. The summed E-state index contributed by atoms with van der Waals surface area (Å²) < 4.78 is 0. The third-order valence-electron chi connectivity index (χ3n) is 5.99. The lowest BCUT2D eigenvalue weighted by molar-refractivity contribution is -0.385. The van der Waals surface area contributed by atoms with Gasteiger partial charge in [0, 0.05) is 50.4 Å². The van der Waals surface area contributed by atoms with Gasteiger partial charge in [0.25, 0.3) is 5.69 Å². The van der Waals surface area contributed by atoms with Crippen LogP contribution in [-0.2, 0) is 13.0 Å². The van der Waals surface area contributed by atoms with Crippen molar-refractivity contribution in [3.8, 4) is 0 Å². The summed E-state index contributed by atoms with van der Waals surface area (Å²) in [5, 5.41) is 11.5. The highest BCUT2D eigenvalue weighted by atomic mass is 16.6. The molecule has 5 heteroatoms. The molecule has 0 unspecified atom stereocenters. The Labute approximate surface area is 160 Å². The Kier molecular flexibility index (Phi) is 5.50. The fraction of sp³-hybridized carbons (Fsp3) is 0.455. The number of benzene rings is 2. The van der Waals surface area contributed by atoms with E-state index in [9.17, 15) is 10.1 Å². The fourth-order valence-electron chi connectivity index (χ4n) is 4.60. The predicted molar refractivity (Wildman–Crippen MR) is 107 cm³/mol. The quantitative estimate of drug-likeness (QED) is 0.463. The van der Waals surface area contributed by atoms with E-state index in [-0.39, 0.29) is 4.92 Å².